The average molecular weight is 1610 g/mol. The van der Waals surface area contributed by atoms with Gasteiger partial charge in [-0.05, 0) is 205 Å². The van der Waals surface area contributed by atoms with Crippen molar-refractivity contribution in [3.8, 4) is 0 Å². The van der Waals surface area contributed by atoms with Crippen molar-refractivity contribution in [2.75, 3.05) is 6.61 Å². The van der Waals surface area contributed by atoms with Crippen molar-refractivity contribution in [3.05, 3.63) is 0 Å². The number of hydrogen-bond acceptors (Lipinski definition) is 28. The average Bonchev–Trinajstić information content (AvgIpc) is 0.722. The Morgan fingerprint density at radius 1 is 0.348 bits per heavy atom. The fourth-order valence-corrected chi connectivity index (χ4v) is 9.10. The van der Waals surface area contributed by atoms with Gasteiger partial charge in [-0.2, -0.15) is 0 Å². The van der Waals surface area contributed by atoms with E-state index >= 15 is 0 Å². The highest BCUT2D eigenvalue weighted by Crippen LogP contribution is 2.28. The maximum Gasteiger partial charge on any atom is 0.350 e. The molecule has 1 aliphatic rings. The number of rotatable bonds is 32. The lowest BCUT2D eigenvalue weighted by Crippen LogP contribution is -2.44. The van der Waals surface area contributed by atoms with E-state index in [0.717, 1.165) is 70.6 Å². The Balaban J connectivity index is -0.000000293. The third-order valence-electron chi connectivity index (χ3n) is 16.8. The van der Waals surface area contributed by atoms with Gasteiger partial charge in [0.1, 0.15) is 30.0 Å². The zero-order chi connectivity index (χ0) is 89.9. The van der Waals surface area contributed by atoms with E-state index in [1.807, 2.05) is 96.9 Å². The van der Waals surface area contributed by atoms with Crippen molar-refractivity contribution >= 4 is 83.6 Å². The maximum atomic E-state index is 11.8. The van der Waals surface area contributed by atoms with E-state index in [1.165, 1.54) is 138 Å². The second-order valence-corrected chi connectivity index (χ2v) is 33.9. The molecule has 0 saturated heterocycles. The molecular formula is C84H152O28. The summed E-state index contributed by atoms with van der Waals surface area (Å²) in [5.41, 5.74) is -9.18. The lowest BCUT2D eigenvalue weighted by molar-refractivity contribution is -0.189. The van der Waals surface area contributed by atoms with Crippen molar-refractivity contribution in [1.29, 1.82) is 0 Å². The zero-order valence-corrected chi connectivity index (χ0v) is 76.3. The molecule has 0 aromatic rings. The molecule has 0 amide bonds. The molecule has 0 spiro atoms. The SMILES string of the molecule is CC(=O)OC(C)(C)C(=O)OC(C)(C)C(C)C.CC(=O)OC(C)(C)C(=O)OC(C)C(C)(C)C.CC(=O)OC(C)(C)C(=O)OC(C)CC(C)C.CC(=O)OC(C)(C)C(=O)OC1CCCCC1.CCC(CC)COC(=O)C(C)(C)OC(C)=O.CCC(OC(=O)C(C)(C)OC(C)=O)C(C)C.CCCC(CC)OC(=O)C(C)(C)OC(C)=O. The molecule has 1 fully saturated rings. The highest BCUT2D eigenvalue weighted by Gasteiger charge is 2.42. The molecule has 0 heterocycles. The van der Waals surface area contributed by atoms with Gasteiger partial charge in [0.25, 0.3) is 0 Å². The van der Waals surface area contributed by atoms with E-state index in [9.17, 15) is 67.1 Å². The standard InChI is InChI=1S/C12H20O4.6C12H22O4/c1-9(13)16-12(2,3)11(14)15-10-7-5-4-6-8-10;1-8(11(3,4)5)15-10(14)12(6,7)16-9(2)13;1-8(2)11(4,5)16-10(14)12(6,7)15-9(3)13;1-8(2)7-9(3)15-11(14)12(5,6)16-10(4)13;1-7-10(8(2)3)15-11(14)12(5,6)16-9(4)13;1-6-10(7-2)8-15-11(14)12(4,5)16-9(3)13;1-6-8-10(7-2)15-11(14)12(4,5)16-9(3)13/h10H,4-8H2,1-3H3;2*8H,1-7H3;8-9H,7H2,1-6H3;8,10H,7H2,1-6H3;2*10H,6-8H2,1-5H3. The molecule has 0 aromatic carbocycles. The molecule has 0 aliphatic heterocycles. The molecule has 0 radical (unpaired) electrons. The molecule has 112 heavy (non-hydrogen) atoms. The van der Waals surface area contributed by atoms with Crippen LogP contribution in [0.4, 0.5) is 0 Å². The molecule has 1 rings (SSSR count). The van der Waals surface area contributed by atoms with Crippen LogP contribution in [0.5, 0.6) is 0 Å². The summed E-state index contributed by atoms with van der Waals surface area (Å²) in [5, 5.41) is 0. The van der Waals surface area contributed by atoms with Crippen LogP contribution in [-0.4, -0.2) is 166 Å². The number of ether oxygens (including phenoxy) is 14. The van der Waals surface area contributed by atoms with Gasteiger partial charge in [-0.1, -0.05) is 123 Å². The van der Waals surface area contributed by atoms with Crippen LogP contribution < -0.4 is 0 Å². The largest absolute Gasteiger partial charge is 0.462 e. The summed E-state index contributed by atoms with van der Waals surface area (Å²) >= 11 is 0. The summed E-state index contributed by atoms with van der Waals surface area (Å²) in [6.07, 6.45) is 10.7. The fourth-order valence-electron chi connectivity index (χ4n) is 9.10. The number of esters is 14. The Hall–Kier alpha value is -7.42. The van der Waals surface area contributed by atoms with Crippen molar-refractivity contribution in [3.63, 3.8) is 0 Å². The predicted molar refractivity (Wildman–Crippen MR) is 424 cm³/mol. The van der Waals surface area contributed by atoms with E-state index in [-0.39, 0.29) is 47.8 Å². The van der Waals surface area contributed by atoms with Crippen LogP contribution in [0.25, 0.3) is 0 Å². The molecule has 0 bridgehead atoms. The Morgan fingerprint density at radius 3 is 0.946 bits per heavy atom. The van der Waals surface area contributed by atoms with Gasteiger partial charge in [-0.3, -0.25) is 33.6 Å². The minimum Gasteiger partial charge on any atom is -0.462 e. The molecule has 0 N–H and O–H groups in total. The Labute approximate surface area is 672 Å². The Kier molecular flexibility index (Phi) is 55.3. The molecule has 0 aromatic heterocycles. The van der Waals surface area contributed by atoms with Gasteiger partial charge in [0, 0.05) is 48.5 Å². The lowest BCUT2D eigenvalue weighted by atomic mass is 9.90. The highest BCUT2D eigenvalue weighted by atomic mass is 16.6. The Bertz CT molecular complexity index is 2810. The first-order valence-corrected chi connectivity index (χ1v) is 39.2. The van der Waals surface area contributed by atoms with E-state index < -0.39 is 128 Å². The third kappa shape index (κ3) is 55.1. The van der Waals surface area contributed by atoms with Crippen LogP contribution in [0, 0.1) is 29.1 Å². The highest BCUT2D eigenvalue weighted by molar-refractivity contribution is 5.86. The summed E-state index contributed by atoms with van der Waals surface area (Å²) in [7, 11) is 0. The fraction of sp³-hybridized carbons (Fsp3) is 0.833. The summed E-state index contributed by atoms with van der Waals surface area (Å²) in [4.78, 5) is 158. The molecular weight excluding hydrogens is 1460 g/mol. The second kappa shape index (κ2) is 53.6. The molecule has 4 atom stereocenters. The second-order valence-electron chi connectivity index (χ2n) is 33.9. The normalized spacial score (nSPS) is 13.7. The molecule has 1 saturated carbocycles. The predicted octanol–water partition coefficient (Wildman–Crippen LogP) is 16.2. The van der Waals surface area contributed by atoms with Crippen LogP contribution >= 0.6 is 0 Å². The van der Waals surface area contributed by atoms with E-state index in [2.05, 4.69) is 27.7 Å². The summed E-state index contributed by atoms with van der Waals surface area (Å²) in [6.45, 7) is 66.1. The number of hydrogen-bond donors (Lipinski definition) is 0. The quantitative estimate of drug-likeness (QED) is 0.0446. The first-order valence-electron chi connectivity index (χ1n) is 39.2. The summed E-state index contributed by atoms with van der Waals surface area (Å²) in [6, 6.07) is 0. The monoisotopic (exact) mass is 1610 g/mol. The maximum absolute atomic E-state index is 11.8. The van der Waals surface area contributed by atoms with Crippen LogP contribution in [0.15, 0.2) is 0 Å². The third-order valence-corrected chi connectivity index (χ3v) is 16.8. The van der Waals surface area contributed by atoms with Crippen molar-refractivity contribution < 1.29 is 133 Å². The van der Waals surface area contributed by atoms with Crippen LogP contribution in [0.1, 0.15) is 347 Å². The van der Waals surface area contributed by atoms with Crippen LogP contribution in [0.2, 0.25) is 0 Å². The first-order chi connectivity index (χ1) is 50.4. The van der Waals surface area contributed by atoms with E-state index in [0.29, 0.717) is 18.4 Å². The molecule has 28 nitrogen and oxygen atoms in total. The summed E-state index contributed by atoms with van der Waals surface area (Å²) < 4.78 is 71.2. The van der Waals surface area contributed by atoms with E-state index in [4.69, 9.17) is 66.3 Å². The lowest BCUT2D eigenvalue weighted by Gasteiger charge is -2.33. The topological polar surface area (TPSA) is 368 Å². The van der Waals surface area contributed by atoms with Crippen LogP contribution in [-0.2, 0) is 133 Å². The number of carbonyl (C=O) groups is 14. The van der Waals surface area contributed by atoms with Gasteiger partial charge in [0.05, 0.1) is 12.7 Å². The van der Waals surface area contributed by atoms with Gasteiger partial charge in [0.2, 0.25) is 39.2 Å². The summed E-state index contributed by atoms with van der Waals surface area (Å²) in [5.74, 6) is -5.60. The number of carbonyl (C=O) groups excluding carboxylic acids is 14. The molecule has 4 unspecified atom stereocenters. The van der Waals surface area contributed by atoms with Gasteiger partial charge in [-0.25, -0.2) is 33.6 Å². The first kappa shape index (κ1) is 115. The van der Waals surface area contributed by atoms with Crippen molar-refractivity contribution in [1.82, 2.24) is 0 Å². The van der Waals surface area contributed by atoms with Gasteiger partial charge < -0.3 is 66.3 Å². The van der Waals surface area contributed by atoms with Crippen molar-refractivity contribution in [2.24, 2.45) is 29.1 Å². The molecule has 28 heteroatoms. The minimum absolute atomic E-state index is 0.00363. The van der Waals surface area contributed by atoms with Crippen molar-refractivity contribution in [2.45, 2.75) is 422 Å². The molecule has 656 valence electrons. The van der Waals surface area contributed by atoms with Gasteiger partial charge in [0.15, 0.2) is 0 Å². The van der Waals surface area contributed by atoms with Crippen LogP contribution in [0.3, 0.4) is 0 Å². The smallest absolute Gasteiger partial charge is 0.350 e. The zero-order valence-electron chi connectivity index (χ0n) is 76.3. The van der Waals surface area contributed by atoms with Gasteiger partial charge in [-0.15, -0.1) is 0 Å². The van der Waals surface area contributed by atoms with Gasteiger partial charge >= 0.3 is 83.6 Å². The Morgan fingerprint density at radius 2 is 0.661 bits per heavy atom. The molecule has 1 aliphatic carbocycles. The van der Waals surface area contributed by atoms with E-state index in [1.54, 1.807) is 13.8 Å². The minimum atomic E-state index is -1.24.